The molecule has 23 heavy (non-hydrogen) atoms. The topological polar surface area (TPSA) is 172 Å². The molecule has 2 aromatic heterocycles. The minimum atomic E-state index is -1.15. The maximum atomic E-state index is 10.9. The van der Waals surface area contributed by atoms with Gasteiger partial charge in [0.15, 0.2) is 17.7 Å². The number of amides is 1. The minimum Gasteiger partial charge on any atom is -0.394 e. The Morgan fingerprint density at radius 3 is 2.91 bits per heavy atom. The lowest BCUT2D eigenvalue weighted by atomic mass is 10.1. The molecule has 0 radical (unpaired) electrons. The molecule has 0 unspecified atom stereocenters. The highest BCUT2D eigenvalue weighted by Gasteiger charge is 2.46. The maximum Gasteiger partial charge on any atom is 0.243 e. The molecule has 1 fully saturated rings. The van der Waals surface area contributed by atoms with E-state index in [2.05, 4.69) is 15.0 Å². The van der Waals surface area contributed by atoms with Gasteiger partial charge in [0, 0.05) is 0 Å². The highest BCUT2D eigenvalue weighted by molar-refractivity contribution is 5.81. The number of fused-ring (bicyclic) bond motifs is 1. The number of carbonyl (C=O) groups is 1. The zero-order valence-corrected chi connectivity index (χ0v) is 11.9. The second-order valence-corrected chi connectivity index (χ2v) is 5.06. The quantitative estimate of drug-likeness (QED) is 0.465. The van der Waals surface area contributed by atoms with Crippen LogP contribution in [0.4, 0.5) is 5.82 Å². The molecule has 0 aromatic carbocycles. The number of hydrogen-bond acceptors (Lipinski definition) is 9. The van der Waals surface area contributed by atoms with Crippen LogP contribution in [0.5, 0.6) is 0 Å². The summed E-state index contributed by atoms with van der Waals surface area (Å²) >= 11 is 0. The number of aliphatic hydroxyl groups is 2. The van der Waals surface area contributed by atoms with Gasteiger partial charge in [0.1, 0.15) is 36.8 Å². The summed E-state index contributed by atoms with van der Waals surface area (Å²) in [5, 5.41) is 19.5. The molecule has 6 N–H and O–H groups in total. The summed E-state index contributed by atoms with van der Waals surface area (Å²) in [6, 6.07) is 0. The van der Waals surface area contributed by atoms with Gasteiger partial charge in [-0.05, 0) is 0 Å². The van der Waals surface area contributed by atoms with Crippen LogP contribution in [0.3, 0.4) is 0 Å². The summed E-state index contributed by atoms with van der Waals surface area (Å²) in [5.74, 6) is -0.494. The molecular formula is C12H16N6O5. The minimum absolute atomic E-state index is 0.195. The number of rotatable bonds is 5. The fraction of sp³-hybridized carbons (Fsp3) is 0.500. The van der Waals surface area contributed by atoms with Crippen LogP contribution >= 0.6 is 0 Å². The van der Waals surface area contributed by atoms with E-state index in [1.807, 2.05) is 0 Å². The van der Waals surface area contributed by atoms with Gasteiger partial charge in [-0.1, -0.05) is 0 Å². The van der Waals surface area contributed by atoms with Crippen LogP contribution < -0.4 is 11.5 Å². The monoisotopic (exact) mass is 324 g/mol. The molecule has 11 nitrogen and oxygen atoms in total. The Hall–Kier alpha value is -2.34. The summed E-state index contributed by atoms with van der Waals surface area (Å²) in [7, 11) is 0. The molecule has 3 heterocycles. The Bertz CT molecular complexity index is 721. The van der Waals surface area contributed by atoms with Crippen LogP contribution in [0.25, 0.3) is 11.2 Å². The summed E-state index contributed by atoms with van der Waals surface area (Å²) in [6.07, 6.45) is -1.15. The molecule has 1 amide bonds. The number of nitrogens with zero attached hydrogens (tertiary/aromatic N) is 4. The third-order valence-corrected chi connectivity index (χ3v) is 3.57. The van der Waals surface area contributed by atoms with E-state index in [0.29, 0.717) is 11.2 Å². The van der Waals surface area contributed by atoms with Crippen molar-refractivity contribution in [2.45, 2.75) is 24.5 Å². The second kappa shape index (κ2) is 6.04. The number of anilines is 1. The van der Waals surface area contributed by atoms with Crippen molar-refractivity contribution in [1.29, 1.82) is 0 Å². The molecule has 0 bridgehead atoms. The van der Waals surface area contributed by atoms with Gasteiger partial charge >= 0.3 is 0 Å². The van der Waals surface area contributed by atoms with Gasteiger partial charge in [-0.2, -0.15) is 0 Å². The van der Waals surface area contributed by atoms with E-state index in [1.165, 1.54) is 17.2 Å². The van der Waals surface area contributed by atoms with E-state index in [1.54, 1.807) is 0 Å². The maximum absolute atomic E-state index is 10.9. The van der Waals surface area contributed by atoms with Crippen molar-refractivity contribution in [3.63, 3.8) is 0 Å². The number of aromatic nitrogens is 4. The number of primary amides is 1. The SMILES string of the molecule is NC(=O)CO[C@@H]1[C@H](O)[C@@H](CO)O[C@H]1n1cnc2c(N)ncnc21. The standard InChI is InChI=1S/C12H16N6O5/c13-6(20)2-22-9-8(21)5(1-19)23-12(9)18-4-17-7-10(14)15-3-16-11(7)18/h3-5,8-9,12,19,21H,1-2H2,(H2,13,20)(H2,14,15,16)/t5-,8-,9-,12-/m1/s1. The van der Waals surface area contributed by atoms with E-state index in [-0.39, 0.29) is 5.82 Å². The van der Waals surface area contributed by atoms with E-state index in [4.69, 9.17) is 20.9 Å². The molecule has 4 atom stereocenters. The summed E-state index contributed by atoms with van der Waals surface area (Å²) in [5.41, 5.74) is 11.5. The van der Waals surface area contributed by atoms with Crippen molar-refractivity contribution in [2.75, 3.05) is 18.9 Å². The molecule has 1 saturated heterocycles. The molecule has 3 rings (SSSR count). The normalized spacial score (nSPS) is 27.6. The van der Waals surface area contributed by atoms with Gasteiger partial charge in [-0.15, -0.1) is 0 Å². The Kier molecular flexibility index (Phi) is 4.09. The van der Waals surface area contributed by atoms with E-state index in [9.17, 15) is 15.0 Å². The first-order valence-electron chi connectivity index (χ1n) is 6.80. The van der Waals surface area contributed by atoms with E-state index < -0.39 is 43.7 Å². The number of nitrogen functional groups attached to an aromatic ring is 1. The molecule has 2 aromatic rings. The van der Waals surface area contributed by atoms with E-state index in [0.717, 1.165) is 0 Å². The van der Waals surface area contributed by atoms with Crippen molar-refractivity contribution >= 4 is 22.9 Å². The molecule has 0 saturated carbocycles. The lowest BCUT2D eigenvalue weighted by Crippen LogP contribution is -2.37. The first-order chi connectivity index (χ1) is 11.0. The molecule has 1 aliphatic rings. The number of carbonyl (C=O) groups excluding carboxylic acids is 1. The summed E-state index contributed by atoms with van der Waals surface area (Å²) < 4.78 is 12.4. The molecular weight excluding hydrogens is 308 g/mol. The highest BCUT2D eigenvalue weighted by Crippen LogP contribution is 2.33. The van der Waals surface area contributed by atoms with Crippen molar-refractivity contribution < 1.29 is 24.5 Å². The van der Waals surface area contributed by atoms with Crippen LogP contribution in [0.15, 0.2) is 12.7 Å². The smallest absolute Gasteiger partial charge is 0.243 e. The lowest BCUT2D eigenvalue weighted by Gasteiger charge is -2.21. The molecule has 0 spiro atoms. The number of nitrogens with two attached hydrogens (primary N) is 2. The van der Waals surface area contributed by atoms with Gasteiger partial charge in [-0.3, -0.25) is 9.36 Å². The fourth-order valence-corrected chi connectivity index (χ4v) is 2.51. The van der Waals surface area contributed by atoms with Crippen molar-refractivity contribution in [3.05, 3.63) is 12.7 Å². The predicted octanol–water partition coefficient (Wildman–Crippen LogP) is -2.47. The summed E-state index contributed by atoms with van der Waals surface area (Å²) in [6.45, 7) is -0.818. The Morgan fingerprint density at radius 1 is 1.43 bits per heavy atom. The van der Waals surface area contributed by atoms with Crippen molar-refractivity contribution in [1.82, 2.24) is 19.5 Å². The Labute approximate surface area is 129 Å². The number of hydrogen-bond donors (Lipinski definition) is 4. The van der Waals surface area contributed by atoms with E-state index >= 15 is 0 Å². The second-order valence-electron chi connectivity index (χ2n) is 5.06. The van der Waals surface area contributed by atoms with Crippen LogP contribution in [-0.4, -0.2) is 67.2 Å². The van der Waals surface area contributed by atoms with Crippen LogP contribution in [0.1, 0.15) is 6.23 Å². The van der Waals surface area contributed by atoms with Crippen LogP contribution in [0.2, 0.25) is 0 Å². The average molecular weight is 324 g/mol. The number of aliphatic hydroxyl groups excluding tert-OH is 2. The Balaban J connectivity index is 1.97. The average Bonchev–Trinajstić information content (AvgIpc) is 3.07. The molecule has 11 heteroatoms. The van der Waals surface area contributed by atoms with Gasteiger partial charge in [-0.25, -0.2) is 15.0 Å². The molecule has 0 aliphatic carbocycles. The van der Waals surface area contributed by atoms with Crippen LogP contribution in [-0.2, 0) is 14.3 Å². The zero-order valence-electron chi connectivity index (χ0n) is 11.9. The third kappa shape index (κ3) is 2.70. The fourth-order valence-electron chi connectivity index (χ4n) is 2.51. The van der Waals surface area contributed by atoms with Gasteiger partial charge in [0.2, 0.25) is 5.91 Å². The first-order valence-corrected chi connectivity index (χ1v) is 6.80. The Morgan fingerprint density at radius 2 is 2.22 bits per heavy atom. The van der Waals surface area contributed by atoms with Crippen molar-refractivity contribution in [3.8, 4) is 0 Å². The van der Waals surface area contributed by atoms with Crippen molar-refractivity contribution in [2.24, 2.45) is 5.73 Å². The van der Waals surface area contributed by atoms with Gasteiger partial charge in [0.25, 0.3) is 0 Å². The molecule has 124 valence electrons. The largest absolute Gasteiger partial charge is 0.394 e. The molecule has 1 aliphatic heterocycles. The van der Waals surface area contributed by atoms with Crippen LogP contribution in [0, 0.1) is 0 Å². The highest BCUT2D eigenvalue weighted by atomic mass is 16.6. The third-order valence-electron chi connectivity index (χ3n) is 3.57. The number of imidazole rings is 1. The van der Waals surface area contributed by atoms with Gasteiger partial charge < -0.3 is 31.2 Å². The lowest BCUT2D eigenvalue weighted by molar-refractivity contribution is -0.129. The number of ether oxygens (including phenoxy) is 2. The van der Waals surface area contributed by atoms with Gasteiger partial charge in [0.05, 0.1) is 12.9 Å². The zero-order chi connectivity index (χ0) is 16.6. The predicted molar refractivity (Wildman–Crippen MR) is 75.7 cm³/mol. The summed E-state index contributed by atoms with van der Waals surface area (Å²) in [4.78, 5) is 23.0. The first kappa shape index (κ1) is 15.6.